The number of hydrogen-bond acceptors (Lipinski definition) is 4. The first kappa shape index (κ1) is 17.2. The summed E-state index contributed by atoms with van der Waals surface area (Å²) < 4.78 is 23.5. The molecule has 1 fully saturated rings. The predicted molar refractivity (Wildman–Crippen MR) is 82.6 cm³/mol. The topological polar surface area (TPSA) is 55.8 Å². The number of piperidine rings is 1. The normalized spacial score (nSPS) is 15.3. The Kier molecular flexibility index (Phi) is 5.96. The molecule has 0 atom stereocenters. The molecule has 0 aromatic heterocycles. The lowest BCUT2D eigenvalue weighted by Crippen LogP contribution is -2.41. The minimum atomic E-state index is -0.394. The van der Waals surface area contributed by atoms with Crippen molar-refractivity contribution in [2.45, 2.75) is 26.2 Å². The van der Waals surface area contributed by atoms with E-state index in [-0.39, 0.29) is 24.2 Å². The smallest absolute Gasteiger partial charge is 0.309 e. The first-order chi connectivity index (χ1) is 11.0. The number of methoxy groups -OCH3 is 1. The molecule has 1 aliphatic rings. The summed E-state index contributed by atoms with van der Waals surface area (Å²) in [5.41, 5.74) is 0.532. The predicted octanol–water partition coefficient (Wildman–Crippen LogP) is 2.18. The van der Waals surface area contributed by atoms with E-state index < -0.39 is 5.82 Å². The van der Waals surface area contributed by atoms with Gasteiger partial charge in [0.05, 0.1) is 26.1 Å². The van der Waals surface area contributed by atoms with Gasteiger partial charge >= 0.3 is 5.97 Å². The number of amides is 1. The van der Waals surface area contributed by atoms with Crippen LogP contribution in [-0.4, -0.2) is 43.6 Å². The van der Waals surface area contributed by atoms with Gasteiger partial charge in [-0.25, -0.2) is 4.39 Å². The lowest BCUT2D eigenvalue weighted by molar-refractivity contribution is -0.151. The summed E-state index contributed by atoms with van der Waals surface area (Å²) in [6, 6.07) is 4.14. The highest BCUT2D eigenvalue weighted by molar-refractivity contribution is 5.80. The summed E-state index contributed by atoms with van der Waals surface area (Å²) in [5.74, 6) is -0.305. The summed E-state index contributed by atoms with van der Waals surface area (Å²) in [7, 11) is 1.49. The van der Waals surface area contributed by atoms with Crippen molar-refractivity contribution in [3.63, 3.8) is 0 Å². The number of benzene rings is 1. The number of hydrogen-bond donors (Lipinski definition) is 0. The van der Waals surface area contributed by atoms with Crippen molar-refractivity contribution < 1.29 is 23.5 Å². The van der Waals surface area contributed by atoms with Gasteiger partial charge in [-0.2, -0.15) is 0 Å². The van der Waals surface area contributed by atoms with Crippen LogP contribution >= 0.6 is 0 Å². The molecule has 2 rings (SSSR count). The Morgan fingerprint density at radius 3 is 2.61 bits per heavy atom. The summed E-state index contributed by atoms with van der Waals surface area (Å²) >= 11 is 0. The molecule has 0 aliphatic carbocycles. The van der Waals surface area contributed by atoms with Gasteiger partial charge in [-0.1, -0.05) is 0 Å². The van der Waals surface area contributed by atoms with Gasteiger partial charge in [-0.05, 0) is 38.0 Å². The molecule has 0 spiro atoms. The number of carbonyl (C=O) groups is 2. The van der Waals surface area contributed by atoms with Crippen LogP contribution < -0.4 is 4.74 Å². The lowest BCUT2D eigenvalue weighted by Gasteiger charge is -2.31. The average Bonchev–Trinajstić information content (AvgIpc) is 2.55. The first-order valence-corrected chi connectivity index (χ1v) is 7.82. The Hall–Kier alpha value is -2.11. The monoisotopic (exact) mass is 323 g/mol. The number of nitrogens with zero attached hydrogens (tertiary/aromatic N) is 1. The molecule has 0 radical (unpaired) electrons. The molecule has 5 nitrogen and oxygen atoms in total. The van der Waals surface area contributed by atoms with Crippen LogP contribution in [0.1, 0.15) is 25.3 Å². The van der Waals surface area contributed by atoms with Crippen LogP contribution in [0, 0.1) is 11.7 Å². The highest BCUT2D eigenvalue weighted by atomic mass is 19.1. The quantitative estimate of drug-likeness (QED) is 0.780. The first-order valence-electron chi connectivity index (χ1n) is 7.82. The zero-order chi connectivity index (χ0) is 16.8. The second-order valence-electron chi connectivity index (χ2n) is 5.54. The Balaban J connectivity index is 1.93. The van der Waals surface area contributed by atoms with Crippen LogP contribution in [0.15, 0.2) is 18.2 Å². The standard InChI is InChI=1S/C17H22FNO4/c1-3-23-17(21)12-6-8-19(9-7-12)16(20)11-13-10-14(18)4-5-15(13)22-2/h4-5,10,12H,3,6-9,11H2,1-2H3. The van der Waals surface area contributed by atoms with Crippen molar-refractivity contribution in [3.05, 3.63) is 29.6 Å². The largest absolute Gasteiger partial charge is 0.496 e. The molecule has 1 aromatic rings. The Morgan fingerprint density at radius 1 is 1.30 bits per heavy atom. The Morgan fingerprint density at radius 2 is 2.00 bits per heavy atom. The second-order valence-corrected chi connectivity index (χ2v) is 5.54. The maximum Gasteiger partial charge on any atom is 0.309 e. The second kappa shape index (κ2) is 7.94. The molecule has 1 heterocycles. The van der Waals surface area contributed by atoms with E-state index in [1.165, 1.54) is 25.3 Å². The number of ether oxygens (including phenoxy) is 2. The number of likely N-dealkylation sites (tertiary alicyclic amines) is 1. The summed E-state index contributed by atoms with van der Waals surface area (Å²) in [5, 5.41) is 0. The van der Waals surface area contributed by atoms with Crippen LogP contribution in [0.4, 0.5) is 4.39 Å². The number of esters is 1. The minimum Gasteiger partial charge on any atom is -0.496 e. The van der Waals surface area contributed by atoms with E-state index in [1.54, 1.807) is 11.8 Å². The van der Waals surface area contributed by atoms with Crippen LogP contribution in [-0.2, 0) is 20.7 Å². The molecule has 1 aromatic carbocycles. The summed E-state index contributed by atoms with van der Waals surface area (Å²) in [6.45, 7) is 3.18. The van der Waals surface area contributed by atoms with Gasteiger partial charge in [0, 0.05) is 18.7 Å². The molecule has 0 N–H and O–H groups in total. The third-order valence-corrected chi connectivity index (χ3v) is 4.05. The molecule has 1 amide bonds. The van der Waals surface area contributed by atoms with Gasteiger partial charge in [-0.3, -0.25) is 9.59 Å². The van der Waals surface area contributed by atoms with Gasteiger partial charge in [0.25, 0.3) is 0 Å². The zero-order valence-electron chi connectivity index (χ0n) is 13.5. The van der Waals surface area contributed by atoms with Gasteiger partial charge in [0.2, 0.25) is 5.91 Å². The van der Waals surface area contributed by atoms with E-state index in [0.717, 1.165) is 0 Å². The Labute approximate surface area is 135 Å². The van der Waals surface area contributed by atoms with E-state index in [9.17, 15) is 14.0 Å². The maximum absolute atomic E-state index is 13.4. The van der Waals surface area contributed by atoms with E-state index >= 15 is 0 Å². The molecular weight excluding hydrogens is 301 g/mol. The molecule has 0 saturated carbocycles. The molecule has 0 unspecified atom stereocenters. The fourth-order valence-electron chi connectivity index (χ4n) is 2.78. The molecular formula is C17H22FNO4. The highest BCUT2D eigenvalue weighted by Gasteiger charge is 2.28. The Bertz CT molecular complexity index is 568. The van der Waals surface area contributed by atoms with Crippen molar-refractivity contribution >= 4 is 11.9 Å². The van der Waals surface area contributed by atoms with Crippen molar-refractivity contribution in [2.24, 2.45) is 5.92 Å². The molecule has 23 heavy (non-hydrogen) atoms. The van der Waals surface area contributed by atoms with E-state index in [2.05, 4.69) is 0 Å². The van der Waals surface area contributed by atoms with Crippen LogP contribution in [0.5, 0.6) is 5.75 Å². The number of carbonyl (C=O) groups excluding carboxylic acids is 2. The van der Waals surface area contributed by atoms with E-state index in [0.29, 0.717) is 43.9 Å². The van der Waals surface area contributed by atoms with Gasteiger partial charge < -0.3 is 14.4 Å². The van der Waals surface area contributed by atoms with Crippen molar-refractivity contribution in [2.75, 3.05) is 26.8 Å². The number of rotatable bonds is 5. The van der Waals surface area contributed by atoms with Crippen molar-refractivity contribution in [1.82, 2.24) is 4.90 Å². The van der Waals surface area contributed by atoms with Crippen molar-refractivity contribution in [1.29, 1.82) is 0 Å². The van der Waals surface area contributed by atoms with Crippen molar-refractivity contribution in [3.8, 4) is 5.75 Å². The third-order valence-electron chi connectivity index (χ3n) is 4.05. The number of halogens is 1. The van der Waals surface area contributed by atoms with Gasteiger partial charge in [0.1, 0.15) is 11.6 Å². The SMILES string of the molecule is CCOC(=O)C1CCN(C(=O)Cc2cc(F)ccc2OC)CC1. The minimum absolute atomic E-state index is 0.0868. The molecule has 0 bridgehead atoms. The van der Waals surface area contributed by atoms with Gasteiger partial charge in [0.15, 0.2) is 0 Å². The fraction of sp³-hybridized carbons (Fsp3) is 0.529. The van der Waals surface area contributed by atoms with Crippen LogP contribution in [0.2, 0.25) is 0 Å². The zero-order valence-corrected chi connectivity index (χ0v) is 13.5. The van der Waals surface area contributed by atoms with Crippen LogP contribution in [0.3, 0.4) is 0 Å². The third kappa shape index (κ3) is 4.43. The maximum atomic E-state index is 13.4. The fourth-order valence-corrected chi connectivity index (χ4v) is 2.78. The average molecular weight is 323 g/mol. The van der Waals surface area contributed by atoms with Gasteiger partial charge in [-0.15, -0.1) is 0 Å². The lowest BCUT2D eigenvalue weighted by atomic mass is 9.96. The van der Waals surface area contributed by atoms with E-state index in [4.69, 9.17) is 9.47 Å². The highest BCUT2D eigenvalue weighted by Crippen LogP contribution is 2.23. The summed E-state index contributed by atoms with van der Waals surface area (Å²) in [6.07, 6.45) is 1.29. The molecule has 1 aliphatic heterocycles. The molecule has 6 heteroatoms. The van der Waals surface area contributed by atoms with E-state index in [1.807, 2.05) is 0 Å². The summed E-state index contributed by atoms with van der Waals surface area (Å²) in [4.78, 5) is 25.8. The molecule has 126 valence electrons. The molecule has 1 saturated heterocycles. The van der Waals surface area contributed by atoms with Crippen LogP contribution in [0.25, 0.3) is 0 Å².